The number of halogens is 1. The summed E-state index contributed by atoms with van der Waals surface area (Å²) in [5.41, 5.74) is 0.577. The van der Waals surface area contributed by atoms with E-state index in [0.29, 0.717) is 10.2 Å². The molecule has 1 N–H and O–H groups in total. The van der Waals surface area contributed by atoms with Crippen LogP contribution in [0.3, 0.4) is 0 Å². The molecule has 1 atom stereocenters. The van der Waals surface area contributed by atoms with Crippen molar-refractivity contribution in [3.8, 4) is 0 Å². The summed E-state index contributed by atoms with van der Waals surface area (Å²) in [7, 11) is 0. The summed E-state index contributed by atoms with van der Waals surface area (Å²) in [6.07, 6.45) is 4.35. The maximum absolute atomic E-state index is 12.2. The van der Waals surface area contributed by atoms with Gasteiger partial charge in [0.05, 0.1) is 24.0 Å². The largest absolute Gasteiger partial charge is 0.373 e. The maximum Gasteiger partial charge on any atom is 0.283 e. The van der Waals surface area contributed by atoms with Crippen molar-refractivity contribution >= 4 is 33.0 Å². The van der Waals surface area contributed by atoms with Crippen LogP contribution < -0.4 is 10.9 Å². The Kier molecular flexibility index (Phi) is 4.93. The van der Waals surface area contributed by atoms with Crippen LogP contribution in [0, 0.1) is 0 Å². The maximum atomic E-state index is 12.2. The molecule has 108 valence electrons. The number of anilines is 1. The molecule has 0 aromatic carbocycles. The highest BCUT2D eigenvalue weighted by Gasteiger charge is 2.16. The highest BCUT2D eigenvalue weighted by atomic mass is 79.9. The molecular weight excluding hydrogens is 340 g/mol. The number of aromatic nitrogens is 3. The normalized spacial score (nSPS) is 12.7. The van der Waals surface area contributed by atoms with Gasteiger partial charge in [-0.3, -0.25) is 4.79 Å². The van der Waals surface area contributed by atoms with Gasteiger partial charge in [-0.15, -0.1) is 11.3 Å². The first-order chi connectivity index (χ1) is 9.54. The van der Waals surface area contributed by atoms with Crippen molar-refractivity contribution < 1.29 is 0 Å². The summed E-state index contributed by atoms with van der Waals surface area (Å²) in [4.78, 5) is 16.5. The lowest BCUT2D eigenvalue weighted by Crippen LogP contribution is -2.26. The fourth-order valence-electron chi connectivity index (χ4n) is 1.85. The Morgan fingerprint density at radius 3 is 2.80 bits per heavy atom. The third-order valence-electron chi connectivity index (χ3n) is 2.92. The van der Waals surface area contributed by atoms with Crippen LogP contribution in [0.15, 0.2) is 27.0 Å². The highest BCUT2D eigenvalue weighted by molar-refractivity contribution is 9.10. The van der Waals surface area contributed by atoms with Crippen molar-refractivity contribution in [3.63, 3.8) is 0 Å². The van der Waals surface area contributed by atoms with Gasteiger partial charge in [0.15, 0.2) is 0 Å². The van der Waals surface area contributed by atoms with Crippen LogP contribution in [0.1, 0.15) is 44.3 Å². The molecule has 0 saturated carbocycles. The first-order valence-corrected chi connectivity index (χ1v) is 8.15. The van der Waals surface area contributed by atoms with E-state index < -0.39 is 0 Å². The molecule has 5 nitrogen and oxygen atoms in total. The van der Waals surface area contributed by atoms with Gasteiger partial charge in [0.1, 0.15) is 9.48 Å². The summed E-state index contributed by atoms with van der Waals surface area (Å²) in [6, 6.07) is 0.121. The van der Waals surface area contributed by atoms with E-state index in [-0.39, 0.29) is 17.6 Å². The van der Waals surface area contributed by atoms with Crippen LogP contribution in [0.25, 0.3) is 0 Å². The molecule has 0 amide bonds. The van der Waals surface area contributed by atoms with Gasteiger partial charge >= 0.3 is 0 Å². The predicted octanol–water partition coefficient (Wildman–Crippen LogP) is 3.61. The Morgan fingerprint density at radius 1 is 1.50 bits per heavy atom. The van der Waals surface area contributed by atoms with Gasteiger partial charge in [-0.25, -0.2) is 9.67 Å². The second-order valence-electron chi connectivity index (χ2n) is 4.69. The number of rotatable bonds is 5. The molecule has 0 aliphatic heterocycles. The summed E-state index contributed by atoms with van der Waals surface area (Å²) in [6.45, 7) is 5.94. The van der Waals surface area contributed by atoms with E-state index in [2.05, 4.69) is 38.3 Å². The molecule has 2 aromatic rings. The van der Waals surface area contributed by atoms with Gasteiger partial charge < -0.3 is 5.32 Å². The van der Waals surface area contributed by atoms with Crippen LogP contribution in [0.5, 0.6) is 0 Å². The van der Waals surface area contributed by atoms with Crippen LogP contribution in [0.4, 0.5) is 5.69 Å². The molecule has 1 unspecified atom stereocenters. The first-order valence-electron chi connectivity index (χ1n) is 6.47. The second kappa shape index (κ2) is 6.49. The Balaban J connectivity index is 2.30. The molecule has 2 rings (SSSR count). The number of hydrogen-bond donors (Lipinski definition) is 1. The lowest BCUT2D eigenvalue weighted by atomic mass is 10.2. The Hall–Kier alpha value is -1.21. The van der Waals surface area contributed by atoms with E-state index in [1.54, 1.807) is 23.7 Å². The van der Waals surface area contributed by atoms with Gasteiger partial charge in [0.2, 0.25) is 0 Å². The molecule has 0 fully saturated rings. The molecular formula is C13H17BrN4OS. The standard InChI is InChI=1S/C13H17BrN4OS/c1-4-9(12-15-5-6-20-12)17-10-7-16-18(8(2)3)13(19)11(10)14/h5-9,17H,4H2,1-3H3. The van der Waals surface area contributed by atoms with Gasteiger partial charge in [0.25, 0.3) is 5.56 Å². The zero-order valence-electron chi connectivity index (χ0n) is 11.6. The minimum atomic E-state index is -0.126. The lowest BCUT2D eigenvalue weighted by molar-refractivity contribution is 0.500. The average molecular weight is 357 g/mol. The van der Waals surface area contributed by atoms with Crippen molar-refractivity contribution in [2.75, 3.05) is 5.32 Å². The van der Waals surface area contributed by atoms with Crippen molar-refractivity contribution in [1.29, 1.82) is 0 Å². The highest BCUT2D eigenvalue weighted by Crippen LogP contribution is 2.26. The predicted molar refractivity (Wildman–Crippen MR) is 85.4 cm³/mol. The molecule has 20 heavy (non-hydrogen) atoms. The van der Waals surface area contributed by atoms with E-state index >= 15 is 0 Å². The lowest BCUT2D eigenvalue weighted by Gasteiger charge is -2.17. The van der Waals surface area contributed by atoms with E-state index in [0.717, 1.165) is 11.4 Å². The Bertz CT molecular complexity index is 624. The molecule has 7 heteroatoms. The van der Waals surface area contributed by atoms with Crippen molar-refractivity contribution in [3.05, 3.63) is 37.6 Å². The molecule has 2 aromatic heterocycles. The Morgan fingerprint density at radius 2 is 2.25 bits per heavy atom. The molecule has 2 heterocycles. The SMILES string of the molecule is CCC(Nc1cnn(C(C)C)c(=O)c1Br)c1nccs1. The molecule has 0 radical (unpaired) electrons. The van der Waals surface area contributed by atoms with Crippen molar-refractivity contribution in [1.82, 2.24) is 14.8 Å². The molecule has 0 bridgehead atoms. The Labute approximate surface area is 130 Å². The first kappa shape index (κ1) is 15.2. The number of nitrogens with one attached hydrogen (secondary N) is 1. The second-order valence-corrected chi connectivity index (χ2v) is 6.41. The van der Waals surface area contributed by atoms with Crippen LogP contribution in [-0.2, 0) is 0 Å². The quantitative estimate of drug-likeness (QED) is 0.888. The van der Waals surface area contributed by atoms with E-state index in [4.69, 9.17) is 0 Å². The van der Waals surface area contributed by atoms with E-state index in [9.17, 15) is 4.79 Å². The van der Waals surface area contributed by atoms with Gasteiger partial charge in [-0.2, -0.15) is 5.10 Å². The monoisotopic (exact) mass is 356 g/mol. The summed E-state index contributed by atoms with van der Waals surface area (Å²) in [5.74, 6) is 0. The zero-order valence-corrected chi connectivity index (χ0v) is 14.0. The minimum absolute atomic E-state index is 0.0359. The fraction of sp³-hybridized carbons (Fsp3) is 0.462. The van der Waals surface area contributed by atoms with Gasteiger partial charge in [-0.1, -0.05) is 6.92 Å². The third-order valence-corrected chi connectivity index (χ3v) is 4.58. The summed E-state index contributed by atoms with van der Waals surface area (Å²) in [5, 5.41) is 10.5. The van der Waals surface area contributed by atoms with Crippen molar-refractivity contribution in [2.24, 2.45) is 0 Å². The number of hydrogen-bond acceptors (Lipinski definition) is 5. The molecule has 0 aliphatic rings. The van der Waals surface area contributed by atoms with Gasteiger partial charge in [-0.05, 0) is 36.2 Å². The third kappa shape index (κ3) is 3.09. The van der Waals surface area contributed by atoms with Crippen LogP contribution >= 0.6 is 27.3 Å². The van der Waals surface area contributed by atoms with Gasteiger partial charge in [0, 0.05) is 11.6 Å². The van der Waals surface area contributed by atoms with E-state index in [1.807, 2.05) is 19.2 Å². The number of nitrogens with zero attached hydrogens (tertiary/aromatic N) is 3. The summed E-state index contributed by atoms with van der Waals surface area (Å²) >= 11 is 4.97. The summed E-state index contributed by atoms with van der Waals surface area (Å²) < 4.78 is 1.97. The molecule has 0 spiro atoms. The average Bonchev–Trinajstić information content (AvgIpc) is 2.94. The van der Waals surface area contributed by atoms with Crippen LogP contribution in [0.2, 0.25) is 0 Å². The molecule has 0 aliphatic carbocycles. The zero-order chi connectivity index (χ0) is 14.7. The topological polar surface area (TPSA) is 59.8 Å². The minimum Gasteiger partial charge on any atom is -0.373 e. The molecule has 0 saturated heterocycles. The fourth-order valence-corrected chi connectivity index (χ4v) is 3.02. The number of thiazole rings is 1. The van der Waals surface area contributed by atoms with E-state index in [1.165, 1.54) is 4.68 Å². The smallest absolute Gasteiger partial charge is 0.283 e. The van der Waals surface area contributed by atoms with Crippen molar-refractivity contribution in [2.45, 2.75) is 39.3 Å². The van der Waals surface area contributed by atoms with Crippen LogP contribution in [-0.4, -0.2) is 14.8 Å².